The number of aromatic hydroxyl groups is 1. The molecule has 22 heavy (non-hydrogen) atoms. The number of hydrogen-bond donors (Lipinski definition) is 2. The third-order valence-corrected chi connectivity index (χ3v) is 2.94. The van der Waals surface area contributed by atoms with Crippen molar-refractivity contribution in [3.05, 3.63) is 36.2 Å². The molecule has 0 saturated heterocycles. The van der Waals surface area contributed by atoms with Crippen LogP contribution in [0.25, 0.3) is 0 Å². The molecular weight excluding hydrogens is 282 g/mol. The first kappa shape index (κ1) is 15.9. The molecule has 1 aromatic carbocycles. The Balaban J connectivity index is 2.01. The largest absolute Gasteiger partial charge is 0.504 e. The first-order chi connectivity index (χ1) is 10.6. The maximum atomic E-state index is 10.0. The lowest BCUT2D eigenvalue weighted by atomic mass is 10.2. The second kappa shape index (κ2) is 7.49. The number of nitrogens with zero attached hydrogens (tertiary/aromatic N) is 2. The third-order valence-electron chi connectivity index (χ3n) is 2.94. The molecule has 0 spiro atoms. The summed E-state index contributed by atoms with van der Waals surface area (Å²) < 4.78 is 10.6. The normalized spacial score (nSPS) is 10.5. The minimum atomic E-state index is 0.123. The fourth-order valence-corrected chi connectivity index (χ4v) is 1.82. The van der Waals surface area contributed by atoms with E-state index in [9.17, 15) is 5.11 Å². The minimum absolute atomic E-state index is 0.123. The van der Waals surface area contributed by atoms with Gasteiger partial charge >= 0.3 is 0 Å². The lowest BCUT2D eigenvalue weighted by Gasteiger charge is -2.11. The monoisotopic (exact) mass is 303 g/mol. The van der Waals surface area contributed by atoms with Crippen molar-refractivity contribution >= 4 is 5.82 Å². The molecule has 2 N–H and O–H groups in total. The second-order valence-corrected chi connectivity index (χ2v) is 5.27. The van der Waals surface area contributed by atoms with Gasteiger partial charge < -0.3 is 19.9 Å². The number of benzene rings is 1. The van der Waals surface area contributed by atoms with E-state index in [1.807, 2.05) is 12.1 Å². The number of para-hydroxylation sites is 1. The number of anilines is 1. The molecule has 0 radical (unpaired) electrons. The molecule has 0 aliphatic rings. The van der Waals surface area contributed by atoms with Gasteiger partial charge in [-0.15, -0.1) is 0 Å². The fraction of sp³-hybridized carbons (Fsp3) is 0.375. The Bertz CT molecular complexity index is 617. The van der Waals surface area contributed by atoms with Crippen LogP contribution in [0.4, 0.5) is 5.82 Å². The van der Waals surface area contributed by atoms with Crippen LogP contribution in [0.1, 0.15) is 19.4 Å². The van der Waals surface area contributed by atoms with Crippen molar-refractivity contribution in [1.29, 1.82) is 0 Å². The molecular formula is C16H21N3O3. The maximum absolute atomic E-state index is 10.0. The smallest absolute Gasteiger partial charge is 0.234 e. The van der Waals surface area contributed by atoms with Crippen molar-refractivity contribution < 1.29 is 14.6 Å². The average molecular weight is 303 g/mol. The highest BCUT2D eigenvalue weighted by atomic mass is 16.5. The van der Waals surface area contributed by atoms with E-state index < -0.39 is 0 Å². The van der Waals surface area contributed by atoms with Crippen LogP contribution < -0.4 is 14.8 Å². The van der Waals surface area contributed by atoms with E-state index in [-0.39, 0.29) is 5.75 Å². The molecule has 1 heterocycles. The highest BCUT2D eigenvalue weighted by Gasteiger charge is 2.08. The van der Waals surface area contributed by atoms with Crippen LogP contribution in [-0.2, 0) is 6.54 Å². The summed E-state index contributed by atoms with van der Waals surface area (Å²) in [5.74, 6) is 2.06. The summed E-state index contributed by atoms with van der Waals surface area (Å²) in [5, 5.41) is 13.2. The van der Waals surface area contributed by atoms with Gasteiger partial charge in [0.1, 0.15) is 5.82 Å². The molecule has 0 amide bonds. The van der Waals surface area contributed by atoms with Crippen LogP contribution >= 0.6 is 0 Å². The number of phenolic OH excluding ortho intramolecular Hbond substituents is 1. The van der Waals surface area contributed by atoms with Crippen LogP contribution in [0.5, 0.6) is 17.4 Å². The van der Waals surface area contributed by atoms with Crippen LogP contribution in [-0.4, -0.2) is 28.8 Å². The summed E-state index contributed by atoms with van der Waals surface area (Å²) in [5.41, 5.74) is 0.717. The number of nitrogens with one attached hydrogen (secondary N) is 1. The molecule has 6 nitrogen and oxygen atoms in total. The Morgan fingerprint density at radius 3 is 2.82 bits per heavy atom. The molecule has 2 rings (SSSR count). The van der Waals surface area contributed by atoms with E-state index in [1.54, 1.807) is 18.5 Å². The lowest BCUT2D eigenvalue weighted by Crippen LogP contribution is -2.08. The van der Waals surface area contributed by atoms with Gasteiger partial charge in [0.05, 0.1) is 26.1 Å². The Labute approximate surface area is 130 Å². The van der Waals surface area contributed by atoms with Crippen LogP contribution in [0.3, 0.4) is 0 Å². The molecule has 1 aromatic heterocycles. The Morgan fingerprint density at radius 1 is 1.27 bits per heavy atom. The van der Waals surface area contributed by atoms with Crippen LogP contribution in [0.2, 0.25) is 0 Å². The van der Waals surface area contributed by atoms with Gasteiger partial charge in [0.15, 0.2) is 11.5 Å². The number of methoxy groups -OCH3 is 1. The maximum Gasteiger partial charge on any atom is 0.234 e. The van der Waals surface area contributed by atoms with Crippen molar-refractivity contribution in [3.8, 4) is 17.4 Å². The third kappa shape index (κ3) is 4.25. The molecule has 0 aliphatic heterocycles. The predicted octanol–water partition coefficient (Wildman–Crippen LogP) is 2.84. The summed E-state index contributed by atoms with van der Waals surface area (Å²) in [6, 6.07) is 5.35. The molecule has 0 saturated carbocycles. The summed E-state index contributed by atoms with van der Waals surface area (Å²) in [4.78, 5) is 8.42. The number of hydrogen-bond acceptors (Lipinski definition) is 6. The van der Waals surface area contributed by atoms with Crippen molar-refractivity contribution in [3.63, 3.8) is 0 Å². The van der Waals surface area contributed by atoms with Crippen molar-refractivity contribution in [2.24, 2.45) is 5.92 Å². The molecule has 6 heteroatoms. The van der Waals surface area contributed by atoms with Gasteiger partial charge in [0, 0.05) is 12.1 Å². The molecule has 0 fully saturated rings. The van der Waals surface area contributed by atoms with E-state index in [0.29, 0.717) is 36.5 Å². The van der Waals surface area contributed by atoms with Crippen molar-refractivity contribution in [2.75, 3.05) is 19.0 Å². The van der Waals surface area contributed by atoms with Gasteiger partial charge in [-0.05, 0) is 12.0 Å². The molecule has 0 unspecified atom stereocenters. The van der Waals surface area contributed by atoms with Crippen molar-refractivity contribution in [2.45, 2.75) is 20.4 Å². The van der Waals surface area contributed by atoms with E-state index in [0.717, 1.165) is 5.56 Å². The Hall–Kier alpha value is -2.50. The number of ether oxygens (including phenoxy) is 2. The average Bonchev–Trinajstić information content (AvgIpc) is 2.52. The summed E-state index contributed by atoms with van der Waals surface area (Å²) in [7, 11) is 1.52. The van der Waals surface area contributed by atoms with Gasteiger partial charge in [0.2, 0.25) is 5.88 Å². The first-order valence-corrected chi connectivity index (χ1v) is 7.13. The van der Waals surface area contributed by atoms with E-state index in [1.165, 1.54) is 7.11 Å². The van der Waals surface area contributed by atoms with E-state index in [2.05, 4.69) is 29.1 Å². The lowest BCUT2D eigenvalue weighted by molar-refractivity contribution is 0.260. The molecule has 0 aliphatic carbocycles. The molecule has 0 atom stereocenters. The number of phenols is 1. The van der Waals surface area contributed by atoms with Gasteiger partial charge in [-0.3, -0.25) is 4.98 Å². The highest BCUT2D eigenvalue weighted by Crippen LogP contribution is 2.29. The molecule has 2 aromatic rings. The van der Waals surface area contributed by atoms with Gasteiger partial charge in [-0.2, -0.15) is 4.98 Å². The van der Waals surface area contributed by atoms with Crippen LogP contribution in [0, 0.1) is 5.92 Å². The van der Waals surface area contributed by atoms with Crippen LogP contribution in [0.15, 0.2) is 30.6 Å². The summed E-state index contributed by atoms with van der Waals surface area (Å²) >= 11 is 0. The zero-order chi connectivity index (χ0) is 15.9. The molecule has 0 bridgehead atoms. The zero-order valence-corrected chi connectivity index (χ0v) is 13.0. The minimum Gasteiger partial charge on any atom is -0.504 e. The first-order valence-electron chi connectivity index (χ1n) is 7.13. The standard InChI is InChI=1S/C16H21N3O3/c1-11(2)10-22-15-9-17-8-14(19-15)18-7-12-5-4-6-13(21-3)16(12)20/h4-6,8-9,11,20H,7,10H2,1-3H3,(H,18,19). The zero-order valence-electron chi connectivity index (χ0n) is 13.0. The fourth-order valence-electron chi connectivity index (χ4n) is 1.82. The Kier molecular flexibility index (Phi) is 5.41. The van der Waals surface area contributed by atoms with Gasteiger partial charge in [-0.25, -0.2) is 0 Å². The topological polar surface area (TPSA) is 76.5 Å². The van der Waals surface area contributed by atoms with E-state index in [4.69, 9.17) is 9.47 Å². The quantitative estimate of drug-likeness (QED) is 0.819. The highest BCUT2D eigenvalue weighted by molar-refractivity contribution is 5.47. The molecule has 118 valence electrons. The SMILES string of the molecule is COc1cccc(CNc2cncc(OCC(C)C)n2)c1O. The Morgan fingerprint density at radius 2 is 2.09 bits per heavy atom. The van der Waals surface area contributed by atoms with E-state index >= 15 is 0 Å². The van der Waals surface area contributed by atoms with Crippen molar-refractivity contribution in [1.82, 2.24) is 9.97 Å². The second-order valence-electron chi connectivity index (χ2n) is 5.27. The number of aromatic nitrogens is 2. The number of rotatable bonds is 7. The predicted molar refractivity (Wildman–Crippen MR) is 84.4 cm³/mol. The summed E-state index contributed by atoms with van der Waals surface area (Å²) in [6.07, 6.45) is 3.19. The summed E-state index contributed by atoms with van der Waals surface area (Å²) in [6.45, 7) is 5.14. The van der Waals surface area contributed by atoms with Gasteiger partial charge in [0.25, 0.3) is 0 Å². The van der Waals surface area contributed by atoms with Gasteiger partial charge in [-0.1, -0.05) is 26.0 Å².